The topological polar surface area (TPSA) is 47.1 Å². The Morgan fingerprint density at radius 1 is 1.28 bits per heavy atom. The molecule has 1 heterocycles. The largest absolute Gasteiger partial charge is 0.493 e. The number of benzene rings is 1. The number of ether oxygens (including phenoxy) is 2. The van der Waals surface area contributed by atoms with Crippen molar-refractivity contribution in [2.75, 3.05) is 14.2 Å². The summed E-state index contributed by atoms with van der Waals surface area (Å²) in [5, 5.41) is 0. The van der Waals surface area contributed by atoms with E-state index in [1.54, 1.807) is 18.2 Å². The van der Waals surface area contributed by atoms with Crippen LogP contribution in [-0.2, 0) is 0 Å². The maximum Gasteiger partial charge on any atom is 0.197 e. The maximum absolute atomic E-state index is 13.8. The van der Waals surface area contributed by atoms with Crippen molar-refractivity contribution in [1.82, 2.24) is 9.97 Å². The Morgan fingerprint density at radius 3 is 2.72 bits per heavy atom. The number of para-hydroxylation sites is 1. The molecular weight excluding hydrogens is 255 g/mol. The molecule has 0 aliphatic heterocycles. The first kappa shape index (κ1) is 12.5. The molecule has 0 saturated heterocycles. The molecule has 1 N–H and O–H groups in total. The highest BCUT2D eigenvalue weighted by atomic mass is 32.1. The van der Waals surface area contributed by atoms with Gasteiger partial charge in [-0.05, 0) is 24.4 Å². The number of halogens is 1. The normalized spacial score (nSPS) is 10.2. The van der Waals surface area contributed by atoms with E-state index < -0.39 is 5.82 Å². The number of rotatable bonds is 3. The zero-order valence-electron chi connectivity index (χ0n) is 9.86. The van der Waals surface area contributed by atoms with Crippen molar-refractivity contribution in [3.05, 3.63) is 35.0 Å². The Hall–Kier alpha value is -1.95. The molecule has 0 bridgehead atoms. The third-order valence-electron chi connectivity index (χ3n) is 2.44. The van der Waals surface area contributed by atoms with Gasteiger partial charge in [0.15, 0.2) is 22.1 Å². The zero-order valence-corrected chi connectivity index (χ0v) is 10.7. The van der Waals surface area contributed by atoms with Crippen LogP contribution in [0.2, 0.25) is 0 Å². The van der Waals surface area contributed by atoms with Gasteiger partial charge in [-0.1, -0.05) is 6.07 Å². The van der Waals surface area contributed by atoms with E-state index in [-0.39, 0.29) is 10.5 Å². The van der Waals surface area contributed by atoms with E-state index in [0.717, 1.165) is 6.20 Å². The Bertz CT molecular complexity index is 628. The number of aromatic nitrogens is 2. The van der Waals surface area contributed by atoms with Crippen LogP contribution in [0.1, 0.15) is 0 Å². The van der Waals surface area contributed by atoms with Crippen LogP contribution >= 0.6 is 12.2 Å². The molecule has 2 aromatic rings. The fourth-order valence-corrected chi connectivity index (χ4v) is 1.81. The molecule has 0 atom stereocenters. The molecular formula is C12H11FN2O2S. The number of aromatic amines is 1. The van der Waals surface area contributed by atoms with Crippen LogP contribution < -0.4 is 9.47 Å². The zero-order chi connectivity index (χ0) is 13.1. The van der Waals surface area contributed by atoms with Crippen molar-refractivity contribution in [2.24, 2.45) is 0 Å². The summed E-state index contributed by atoms with van der Waals surface area (Å²) in [7, 11) is 3.02. The van der Waals surface area contributed by atoms with Crippen molar-refractivity contribution in [2.45, 2.75) is 0 Å². The van der Waals surface area contributed by atoms with Crippen molar-refractivity contribution >= 4 is 12.2 Å². The lowest BCUT2D eigenvalue weighted by Gasteiger charge is -2.12. The molecule has 1 aromatic carbocycles. The Morgan fingerprint density at radius 2 is 2.06 bits per heavy atom. The number of nitrogens with one attached hydrogen (secondary N) is 1. The van der Waals surface area contributed by atoms with Gasteiger partial charge in [0.1, 0.15) is 0 Å². The Balaban J connectivity index is 2.70. The van der Waals surface area contributed by atoms with Gasteiger partial charge in [-0.25, -0.2) is 9.37 Å². The second-order valence-electron chi connectivity index (χ2n) is 3.45. The summed E-state index contributed by atoms with van der Waals surface area (Å²) in [4.78, 5) is 6.39. The van der Waals surface area contributed by atoms with Gasteiger partial charge in [0.05, 0.1) is 26.1 Å². The fourth-order valence-electron chi connectivity index (χ4n) is 1.66. The summed E-state index contributed by atoms with van der Waals surface area (Å²) < 4.78 is 24.4. The third-order valence-corrected chi connectivity index (χ3v) is 2.65. The van der Waals surface area contributed by atoms with E-state index in [1.165, 1.54) is 14.2 Å². The summed E-state index contributed by atoms with van der Waals surface area (Å²) in [6, 6.07) is 5.19. The van der Waals surface area contributed by atoms with Crippen LogP contribution in [0.25, 0.3) is 11.3 Å². The maximum atomic E-state index is 13.8. The van der Waals surface area contributed by atoms with Crippen LogP contribution in [0.4, 0.5) is 4.39 Å². The minimum Gasteiger partial charge on any atom is -0.493 e. The molecule has 2 rings (SSSR count). The van der Waals surface area contributed by atoms with Crippen LogP contribution in [-0.4, -0.2) is 24.2 Å². The number of nitrogens with zero attached hydrogens (tertiary/aromatic N) is 1. The van der Waals surface area contributed by atoms with Crippen LogP contribution in [0.5, 0.6) is 11.5 Å². The first-order chi connectivity index (χ1) is 8.67. The van der Waals surface area contributed by atoms with Crippen molar-refractivity contribution in [3.8, 4) is 22.8 Å². The molecule has 0 aliphatic rings. The highest BCUT2D eigenvalue weighted by Crippen LogP contribution is 2.37. The minimum atomic E-state index is -0.504. The van der Waals surface area contributed by atoms with E-state index in [4.69, 9.17) is 21.7 Å². The monoisotopic (exact) mass is 266 g/mol. The summed E-state index contributed by atoms with van der Waals surface area (Å²) >= 11 is 4.89. The molecule has 0 unspecified atom stereocenters. The second kappa shape index (κ2) is 5.14. The van der Waals surface area contributed by atoms with Gasteiger partial charge in [-0.15, -0.1) is 0 Å². The summed E-state index contributed by atoms with van der Waals surface area (Å²) in [6.45, 7) is 0. The van der Waals surface area contributed by atoms with Crippen LogP contribution in [0, 0.1) is 10.6 Å². The molecule has 1 aromatic heterocycles. The van der Waals surface area contributed by atoms with E-state index in [0.29, 0.717) is 17.1 Å². The van der Waals surface area contributed by atoms with Gasteiger partial charge >= 0.3 is 0 Å². The minimum absolute atomic E-state index is 0.205. The first-order valence-corrected chi connectivity index (χ1v) is 5.54. The van der Waals surface area contributed by atoms with Gasteiger partial charge in [-0.2, -0.15) is 0 Å². The van der Waals surface area contributed by atoms with Crippen molar-refractivity contribution in [1.29, 1.82) is 0 Å². The molecule has 0 aliphatic carbocycles. The number of H-pyrrole nitrogens is 1. The molecule has 6 heteroatoms. The average molecular weight is 266 g/mol. The Labute approximate surface area is 108 Å². The summed E-state index contributed by atoms with van der Waals surface area (Å²) in [5.74, 6) is 0.455. The highest BCUT2D eigenvalue weighted by molar-refractivity contribution is 7.71. The Kier molecular flexibility index (Phi) is 3.57. The lowest BCUT2D eigenvalue weighted by atomic mass is 10.1. The molecule has 94 valence electrons. The molecule has 0 amide bonds. The lowest BCUT2D eigenvalue weighted by molar-refractivity contribution is 0.356. The standard InChI is InChI=1S/C12H11FN2O2S/c1-16-9-5-3-4-7(11(9)17-2)10-8(13)6-14-12(18)15-10/h3-6H,1-2H3,(H,14,15,18). The average Bonchev–Trinajstić information content (AvgIpc) is 2.40. The lowest BCUT2D eigenvalue weighted by Crippen LogP contribution is -1.97. The molecule has 4 nitrogen and oxygen atoms in total. The predicted molar refractivity (Wildman–Crippen MR) is 67.9 cm³/mol. The third kappa shape index (κ3) is 2.19. The number of methoxy groups -OCH3 is 2. The number of hydrogen-bond donors (Lipinski definition) is 1. The summed E-state index contributed by atoms with van der Waals surface area (Å²) in [6.07, 6.45) is 1.08. The SMILES string of the molecule is COc1cccc(-c2[nH]c(=S)ncc2F)c1OC. The van der Waals surface area contributed by atoms with E-state index >= 15 is 0 Å². The van der Waals surface area contributed by atoms with E-state index in [9.17, 15) is 4.39 Å². The predicted octanol–water partition coefficient (Wildman–Crippen LogP) is 2.96. The van der Waals surface area contributed by atoms with Gasteiger partial charge in [-0.3, -0.25) is 0 Å². The molecule has 0 fully saturated rings. The van der Waals surface area contributed by atoms with E-state index in [1.807, 2.05) is 0 Å². The summed E-state index contributed by atoms with van der Waals surface area (Å²) in [5.41, 5.74) is 0.758. The van der Waals surface area contributed by atoms with Crippen molar-refractivity contribution in [3.63, 3.8) is 0 Å². The van der Waals surface area contributed by atoms with Gasteiger partial charge in [0, 0.05) is 5.56 Å². The van der Waals surface area contributed by atoms with Gasteiger partial charge in [0.25, 0.3) is 0 Å². The fraction of sp³-hybridized carbons (Fsp3) is 0.167. The van der Waals surface area contributed by atoms with E-state index in [2.05, 4.69) is 9.97 Å². The first-order valence-electron chi connectivity index (χ1n) is 5.13. The quantitative estimate of drug-likeness (QED) is 0.868. The van der Waals surface area contributed by atoms with Crippen LogP contribution in [0.15, 0.2) is 24.4 Å². The molecule has 0 radical (unpaired) electrons. The molecule has 0 spiro atoms. The van der Waals surface area contributed by atoms with Gasteiger partial charge < -0.3 is 14.5 Å². The smallest absolute Gasteiger partial charge is 0.197 e. The second-order valence-corrected chi connectivity index (χ2v) is 3.84. The molecule has 0 saturated carbocycles. The van der Waals surface area contributed by atoms with Gasteiger partial charge in [0.2, 0.25) is 0 Å². The molecule has 18 heavy (non-hydrogen) atoms. The number of hydrogen-bond acceptors (Lipinski definition) is 4. The van der Waals surface area contributed by atoms with Crippen molar-refractivity contribution < 1.29 is 13.9 Å². The van der Waals surface area contributed by atoms with Crippen LogP contribution in [0.3, 0.4) is 0 Å². The highest BCUT2D eigenvalue weighted by Gasteiger charge is 2.15.